The molecule has 0 aromatic carbocycles. The topological polar surface area (TPSA) is 0 Å². The average molecular weight is 237 g/mol. The molecule has 0 aromatic heterocycles. The van der Waals surface area contributed by atoms with Gasteiger partial charge in [0.05, 0.1) is 0 Å². The van der Waals surface area contributed by atoms with E-state index in [2.05, 4.69) is 22.9 Å². The molecule has 1 rings (SSSR count). The van der Waals surface area contributed by atoms with Crippen LogP contribution in [0.15, 0.2) is 0 Å². The van der Waals surface area contributed by atoms with Crippen LogP contribution in [0, 0.1) is 11.8 Å². The molecule has 12 heavy (non-hydrogen) atoms. The zero-order valence-corrected chi connectivity index (χ0v) is 9.36. The van der Waals surface area contributed by atoms with Gasteiger partial charge in [0.15, 0.2) is 0 Å². The highest BCUT2D eigenvalue weighted by molar-refractivity contribution is 9.09. The van der Waals surface area contributed by atoms with Crippen LogP contribution in [0.2, 0.25) is 0 Å². The van der Waals surface area contributed by atoms with E-state index >= 15 is 0 Å². The molecule has 0 heterocycles. The van der Waals surface area contributed by atoms with Crippen molar-refractivity contribution in [1.82, 2.24) is 0 Å². The molecule has 1 heteroatoms. The highest BCUT2D eigenvalue weighted by Crippen LogP contribution is 2.33. The lowest BCUT2D eigenvalue weighted by Gasteiger charge is -2.27. The van der Waals surface area contributed by atoms with Crippen molar-refractivity contribution < 1.29 is 5.48 Å². The zero-order chi connectivity index (χ0) is 12.4. The Morgan fingerprint density at radius 3 is 2.42 bits per heavy atom. The standard InChI is InChI=1S/C11H21Br/c1-2-3-10-4-6-11(7-5-10)8-9-12/h10-11H,2-9H2,1H3/i6D2,7D2. The Morgan fingerprint density at radius 2 is 1.92 bits per heavy atom. The maximum atomic E-state index is 8.06. The van der Waals surface area contributed by atoms with E-state index in [0.29, 0.717) is 24.6 Å². The molecule has 1 aliphatic rings. The van der Waals surface area contributed by atoms with Crippen molar-refractivity contribution in [2.24, 2.45) is 11.8 Å². The third kappa shape index (κ3) is 3.47. The van der Waals surface area contributed by atoms with Gasteiger partial charge >= 0.3 is 0 Å². The van der Waals surface area contributed by atoms with E-state index in [0.717, 1.165) is 12.8 Å². The van der Waals surface area contributed by atoms with E-state index in [1.54, 1.807) is 0 Å². The first kappa shape index (κ1) is 6.06. The molecule has 0 saturated heterocycles. The molecule has 1 fully saturated rings. The monoisotopic (exact) mass is 236 g/mol. The second kappa shape index (κ2) is 6.01. The molecule has 72 valence electrons. The zero-order valence-electron chi connectivity index (χ0n) is 11.8. The fourth-order valence-electron chi connectivity index (χ4n) is 1.69. The van der Waals surface area contributed by atoms with Crippen molar-refractivity contribution in [2.45, 2.75) is 51.8 Å². The van der Waals surface area contributed by atoms with Gasteiger partial charge < -0.3 is 0 Å². The molecule has 1 saturated carbocycles. The summed E-state index contributed by atoms with van der Waals surface area (Å²) in [7, 11) is 0. The molecule has 0 aromatic rings. The van der Waals surface area contributed by atoms with Crippen molar-refractivity contribution in [1.29, 1.82) is 0 Å². The van der Waals surface area contributed by atoms with Gasteiger partial charge in [-0.2, -0.15) is 0 Å². The van der Waals surface area contributed by atoms with E-state index in [-0.39, 0.29) is 5.92 Å². The normalized spacial score (nSPS) is 43.8. The number of halogens is 1. The van der Waals surface area contributed by atoms with E-state index in [4.69, 9.17) is 5.48 Å². The van der Waals surface area contributed by atoms with Crippen LogP contribution in [-0.2, 0) is 0 Å². The van der Waals surface area contributed by atoms with Crippen LogP contribution in [0.4, 0.5) is 0 Å². The van der Waals surface area contributed by atoms with Crippen molar-refractivity contribution in [3.05, 3.63) is 0 Å². The Hall–Kier alpha value is 0.480. The second-order valence-electron chi connectivity index (χ2n) is 3.50. The van der Waals surface area contributed by atoms with Crippen LogP contribution in [0.5, 0.6) is 0 Å². The lowest BCUT2D eigenvalue weighted by Crippen LogP contribution is -2.14. The van der Waals surface area contributed by atoms with E-state index in [1.807, 2.05) is 0 Å². The van der Waals surface area contributed by atoms with Crippen LogP contribution in [0.25, 0.3) is 0 Å². The van der Waals surface area contributed by atoms with Gasteiger partial charge in [-0.05, 0) is 18.3 Å². The summed E-state index contributed by atoms with van der Waals surface area (Å²) in [6, 6.07) is 0. The Balaban J connectivity index is 2.80. The van der Waals surface area contributed by atoms with Crippen LogP contribution >= 0.6 is 15.9 Å². The van der Waals surface area contributed by atoms with Gasteiger partial charge in [-0.15, -0.1) is 0 Å². The van der Waals surface area contributed by atoms with E-state index in [1.165, 1.54) is 0 Å². The number of hydrogen-bond donors (Lipinski definition) is 0. The van der Waals surface area contributed by atoms with Crippen LogP contribution in [0.1, 0.15) is 57.3 Å². The summed E-state index contributed by atoms with van der Waals surface area (Å²) in [6.07, 6.45) is 0.888. The summed E-state index contributed by atoms with van der Waals surface area (Å²) in [5, 5.41) is 0.676. The Kier molecular flexibility index (Phi) is 3.03. The lowest BCUT2D eigenvalue weighted by atomic mass is 9.79. The van der Waals surface area contributed by atoms with Crippen molar-refractivity contribution in [2.75, 3.05) is 5.33 Å². The van der Waals surface area contributed by atoms with Crippen molar-refractivity contribution in [3.63, 3.8) is 0 Å². The van der Waals surface area contributed by atoms with Crippen molar-refractivity contribution >= 4 is 15.9 Å². The summed E-state index contributed by atoms with van der Waals surface area (Å²) in [5.41, 5.74) is 0. The first-order valence-electron chi connectivity index (χ1n) is 6.89. The van der Waals surface area contributed by atoms with Crippen LogP contribution < -0.4 is 0 Å². The first-order chi connectivity index (χ1) is 7.33. The molecule has 1 aliphatic carbocycles. The Labute approximate surface area is 90.9 Å². The second-order valence-corrected chi connectivity index (χ2v) is 4.29. The summed E-state index contributed by atoms with van der Waals surface area (Å²) in [5.74, 6) is -0.256. The number of rotatable bonds is 4. The number of hydrogen-bond acceptors (Lipinski definition) is 0. The molecule has 0 N–H and O–H groups in total. The highest BCUT2D eigenvalue weighted by atomic mass is 79.9. The summed E-state index contributed by atoms with van der Waals surface area (Å²) in [4.78, 5) is 0. The largest absolute Gasteiger partial charge is 0.0928 e. The maximum absolute atomic E-state index is 8.06. The molecule has 0 bridgehead atoms. The smallest absolute Gasteiger partial charge is 0.0269 e. The third-order valence-electron chi connectivity index (χ3n) is 2.40. The molecule has 0 nitrogen and oxygen atoms in total. The predicted octanol–water partition coefficient (Wildman–Crippen LogP) is 4.38. The Bertz CT molecular complexity index is 212. The molecule has 0 atom stereocenters. The number of alkyl halides is 1. The summed E-state index contributed by atoms with van der Waals surface area (Å²) < 4.78 is 32.2. The van der Waals surface area contributed by atoms with Gasteiger partial charge in [-0.25, -0.2) is 0 Å². The Morgan fingerprint density at radius 1 is 1.25 bits per heavy atom. The minimum absolute atomic E-state index is 0.210. The third-order valence-corrected chi connectivity index (χ3v) is 2.86. The maximum Gasteiger partial charge on any atom is 0.0269 e. The summed E-state index contributed by atoms with van der Waals surface area (Å²) in [6.45, 7) is 2.08. The molecule has 0 unspecified atom stereocenters. The van der Waals surface area contributed by atoms with Gasteiger partial charge in [0.2, 0.25) is 0 Å². The van der Waals surface area contributed by atoms with Gasteiger partial charge in [0.25, 0.3) is 0 Å². The molecular formula is C11H21Br. The highest BCUT2D eigenvalue weighted by Gasteiger charge is 2.19. The predicted molar refractivity (Wildman–Crippen MR) is 58.8 cm³/mol. The molecule has 0 amide bonds. The first-order valence-corrected chi connectivity index (χ1v) is 6.01. The fraction of sp³-hybridized carbons (Fsp3) is 1.00. The van der Waals surface area contributed by atoms with Gasteiger partial charge in [0, 0.05) is 10.8 Å². The van der Waals surface area contributed by atoms with Gasteiger partial charge in [-0.3, -0.25) is 0 Å². The SMILES string of the molecule is [2H]C1([2H])CC(CCC)CC([2H])([2H])C1CCBr. The van der Waals surface area contributed by atoms with Crippen LogP contribution in [-0.4, -0.2) is 5.33 Å². The molecule has 0 spiro atoms. The van der Waals surface area contributed by atoms with E-state index in [9.17, 15) is 0 Å². The quantitative estimate of drug-likeness (QED) is 0.636. The lowest BCUT2D eigenvalue weighted by molar-refractivity contribution is 0.259. The fourth-order valence-corrected chi connectivity index (χ4v) is 2.15. The minimum Gasteiger partial charge on any atom is -0.0928 e. The van der Waals surface area contributed by atoms with Crippen LogP contribution in [0.3, 0.4) is 0 Å². The van der Waals surface area contributed by atoms with E-state index < -0.39 is 18.7 Å². The molecule has 0 aliphatic heterocycles. The van der Waals surface area contributed by atoms with Gasteiger partial charge in [0.1, 0.15) is 0 Å². The van der Waals surface area contributed by atoms with Crippen molar-refractivity contribution in [3.8, 4) is 0 Å². The summed E-state index contributed by atoms with van der Waals surface area (Å²) >= 11 is 3.30. The minimum atomic E-state index is -1.35. The molecular weight excluding hydrogens is 212 g/mol. The average Bonchev–Trinajstić information content (AvgIpc) is 2.10. The van der Waals surface area contributed by atoms with Gasteiger partial charge in [-0.1, -0.05) is 61.3 Å². The molecule has 0 radical (unpaired) electrons.